The second-order valence-corrected chi connectivity index (χ2v) is 7.84. The van der Waals surface area contributed by atoms with Gasteiger partial charge in [0.05, 0.1) is 6.04 Å². The van der Waals surface area contributed by atoms with Gasteiger partial charge in [0.2, 0.25) is 11.8 Å². The standard InChI is InChI=1S/C21H29F2N3O2.ClH/c22-17-9-8-15(12-18(17)23)4-1-7-20(27)26-11-3-5-16(14-26)13-25-21(28)19-6-2-10-24-19;/h8-9,12,16,19,24H,1-7,10-11,13-14H2,(H,25,28);1H. The third kappa shape index (κ3) is 6.93. The fourth-order valence-corrected chi connectivity index (χ4v) is 4.03. The number of aryl methyl sites for hydroxylation is 1. The van der Waals surface area contributed by atoms with Crippen LogP contribution in [0.25, 0.3) is 0 Å². The van der Waals surface area contributed by atoms with Crippen LogP contribution in [0.4, 0.5) is 8.78 Å². The van der Waals surface area contributed by atoms with Gasteiger partial charge in [0, 0.05) is 26.1 Å². The third-order valence-corrected chi connectivity index (χ3v) is 5.65. The average molecular weight is 430 g/mol. The van der Waals surface area contributed by atoms with Crippen LogP contribution in [0.5, 0.6) is 0 Å². The van der Waals surface area contributed by atoms with Crippen LogP contribution in [0.15, 0.2) is 18.2 Å². The Hall–Kier alpha value is -1.73. The number of halogens is 3. The first-order valence-electron chi connectivity index (χ1n) is 10.3. The van der Waals surface area contributed by atoms with Crippen LogP contribution >= 0.6 is 12.4 Å². The molecule has 2 N–H and O–H groups in total. The minimum absolute atomic E-state index is 0. The highest BCUT2D eigenvalue weighted by Crippen LogP contribution is 2.18. The fourth-order valence-electron chi connectivity index (χ4n) is 4.03. The van der Waals surface area contributed by atoms with Crippen LogP contribution in [0, 0.1) is 17.6 Å². The Kier molecular flexibility index (Phi) is 9.30. The largest absolute Gasteiger partial charge is 0.354 e. The van der Waals surface area contributed by atoms with Crippen LogP contribution in [0.3, 0.4) is 0 Å². The van der Waals surface area contributed by atoms with E-state index in [2.05, 4.69) is 10.6 Å². The van der Waals surface area contributed by atoms with Gasteiger partial charge in [0.25, 0.3) is 0 Å². The summed E-state index contributed by atoms with van der Waals surface area (Å²) in [6.45, 7) is 2.92. The van der Waals surface area contributed by atoms with E-state index < -0.39 is 11.6 Å². The third-order valence-electron chi connectivity index (χ3n) is 5.65. The van der Waals surface area contributed by atoms with Gasteiger partial charge in [0.1, 0.15) is 0 Å². The Labute approximate surface area is 177 Å². The van der Waals surface area contributed by atoms with Gasteiger partial charge in [-0.3, -0.25) is 9.59 Å². The molecule has 2 amide bonds. The van der Waals surface area contributed by atoms with Gasteiger partial charge in [-0.25, -0.2) is 8.78 Å². The molecule has 1 aromatic rings. The Morgan fingerprint density at radius 3 is 2.72 bits per heavy atom. The lowest BCUT2D eigenvalue weighted by molar-refractivity contribution is -0.133. The normalized spacial score (nSPS) is 21.5. The molecule has 29 heavy (non-hydrogen) atoms. The number of piperidine rings is 1. The van der Waals surface area contributed by atoms with Crippen molar-refractivity contribution in [3.63, 3.8) is 0 Å². The van der Waals surface area contributed by atoms with Crippen LogP contribution in [-0.4, -0.2) is 48.9 Å². The Morgan fingerprint density at radius 1 is 1.17 bits per heavy atom. The van der Waals surface area contributed by atoms with Crippen LogP contribution in [0.2, 0.25) is 0 Å². The molecule has 0 aliphatic carbocycles. The molecule has 8 heteroatoms. The summed E-state index contributed by atoms with van der Waals surface area (Å²) in [5.41, 5.74) is 0.700. The summed E-state index contributed by atoms with van der Waals surface area (Å²) in [6, 6.07) is 3.80. The van der Waals surface area contributed by atoms with Crippen molar-refractivity contribution in [2.45, 2.75) is 51.0 Å². The number of benzene rings is 1. The van der Waals surface area contributed by atoms with E-state index in [1.165, 1.54) is 6.07 Å². The molecule has 2 aliphatic heterocycles. The summed E-state index contributed by atoms with van der Waals surface area (Å²) in [7, 11) is 0. The lowest BCUT2D eigenvalue weighted by atomic mass is 9.97. The van der Waals surface area contributed by atoms with Gasteiger partial charge in [-0.2, -0.15) is 0 Å². The van der Waals surface area contributed by atoms with E-state index in [9.17, 15) is 18.4 Å². The summed E-state index contributed by atoms with van der Waals surface area (Å²) < 4.78 is 26.2. The first kappa shape index (κ1) is 23.5. The summed E-state index contributed by atoms with van der Waals surface area (Å²) in [5.74, 6) is -1.26. The molecule has 2 fully saturated rings. The molecule has 2 atom stereocenters. The van der Waals surface area contributed by atoms with Crippen molar-refractivity contribution in [2.75, 3.05) is 26.2 Å². The lowest BCUT2D eigenvalue weighted by Gasteiger charge is -2.33. The van der Waals surface area contributed by atoms with Gasteiger partial charge in [-0.1, -0.05) is 6.07 Å². The lowest BCUT2D eigenvalue weighted by Crippen LogP contribution is -2.46. The zero-order valence-electron chi connectivity index (χ0n) is 16.6. The topological polar surface area (TPSA) is 61.4 Å². The van der Waals surface area contributed by atoms with Crippen LogP contribution in [0.1, 0.15) is 44.1 Å². The van der Waals surface area contributed by atoms with E-state index >= 15 is 0 Å². The predicted molar refractivity (Wildman–Crippen MR) is 110 cm³/mol. The highest BCUT2D eigenvalue weighted by atomic mass is 35.5. The quantitative estimate of drug-likeness (QED) is 0.700. The molecule has 2 unspecified atom stereocenters. The molecule has 0 spiro atoms. The number of amides is 2. The highest BCUT2D eigenvalue weighted by molar-refractivity contribution is 5.85. The molecular weight excluding hydrogens is 400 g/mol. The zero-order valence-corrected chi connectivity index (χ0v) is 17.4. The monoisotopic (exact) mass is 429 g/mol. The fraction of sp³-hybridized carbons (Fsp3) is 0.619. The van der Waals surface area contributed by atoms with Crippen molar-refractivity contribution in [1.29, 1.82) is 0 Å². The first-order chi connectivity index (χ1) is 13.5. The van der Waals surface area contributed by atoms with E-state index in [4.69, 9.17) is 0 Å². The Balaban J connectivity index is 0.00000300. The molecule has 2 saturated heterocycles. The van der Waals surface area contributed by atoms with E-state index in [1.54, 1.807) is 6.07 Å². The molecule has 2 aliphatic rings. The van der Waals surface area contributed by atoms with Crippen molar-refractivity contribution >= 4 is 24.2 Å². The molecule has 0 aromatic heterocycles. The van der Waals surface area contributed by atoms with Crippen molar-refractivity contribution in [2.24, 2.45) is 5.92 Å². The van der Waals surface area contributed by atoms with Gasteiger partial charge in [-0.05, 0) is 68.7 Å². The maximum atomic E-state index is 13.2. The zero-order chi connectivity index (χ0) is 19.9. The molecule has 162 valence electrons. The number of rotatable bonds is 7. The van der Waals surface area contributed by atoms with E-state index in [0.717, 1.165) is 44.8 Å². The van der Waals surface area contributed by atoms with Crippen molar-refractivity contribution < 1.29 is 18.4 Å². The number of nitrogens with zero attached hydrogens (tertiary/aromatic N) is 1. The second kappa shape index (κ2) is 11.5. The molecule has 0 saturated carbocycles. The van der Waals surface area contributed by atoms with Crippen LogP contribution < -0.4 is 10.6 Å². The summed E-state index contributed by atoms with van der Waals surface area (Å²) >= 11 is 0. The maximum absolute atomic E-state index is 13.2. The number of hydrogen-bond acceptors (Lipinski definition) is 3. The smallest absolute Gasteiger partial charge is 0.237 e. The maximum Gasteiger partial charge on any atom is 0.237 e. The molecule has 0 radical (unpaired) electrons. The van der Waals surface area contributed by atoms with Crippen molar-refractivity contribution in [1.82, 2.24) is 15.5 Å². The van der Waals surface area contributed by atoms with E-state index in [0.29, 0.717) is 37.9 Å². The highest BCUT2D eigenvalue weighted by Gasteiger charge is 2.26. The number of carbonyl (C=O) groups is 2. The second-order valence-electron chi connectivity index (χ2n) is 7.84. The summed E-state index contributed by atoms with van der Waals surface area (Å²) in [5, 5.41) is 6.22. The number of hydrogen-bond donors (Lipinski definition) is 2. The average Bonchev–Trinajstić information content (AvgIpc) is 3.24. The minimum Gasteiger partial charge on any atom is -0.354 e. The van der Waals surface area contributed by atoms with Gasteiger partial charge in [0.15, 0.2) is 11.6 Å². The number of carbonyl (C=O) groups excluding carboxylic acids is 2. The SMILES string of the molecule is Cl.O=C(NCC1CCCN(C(=O)CCCc2ccc(F)c(F)c2)C1)C1CCCN1. The van der Waals surface area contributed by atoms with Crippen molar-refractivity contribution in [3.8, 4) is 0 Å². The summed E-state index contributed by atoms with van der Waals surface area (Å²) in [4.78, 5) is 26.5. The molecule has 3 rings (SSSR count). The van der Waals surface area contributed by atoms with Gasteiger partial charge in [-0.15, -0.1) is 12.4 Å². The molecule has 0 bridgehead atoms. The van der Waals surface area contributed by atoms with E-state index in [1.807, 2.05) is 4.90 Å². The van der Waals surface area contributed by atoms with Gasteiger partial charge >= 0.3 is 0 Å². The molecule has 1 aromatic carbocycles. The molecule has 5 nitrogen and oxygen atoms in total. The van der Waals surface area contributed by atoms with E-state index in [-0.39, 0.29) is 36.2 Å². The predicted octanol–water partition coefficient (Wildman–Crippen LogP) is 2.82. The van der Waals surface area contributed by atoms with Gasteiger partial charge < -0.3 is 15.5 Å². The summed E-state index contributed by atoms with van der Waals surface area (Å²) in [6.07, 6.45) is 5.42. The first-order valence-corrected chi connectivity index (χ1v) is 10.3. The van der Waals surface area contributed by atoms with Crippen molar-refractivity contribution in [3.05, 3.63) is 35.4 Å². The Morgan fingerprint density at radius 2 is 2.00 bits per heavy atom. The van der Waals surface area contributed by atoms with Crippen LogP contribution in [-0.2, 0) is 16.0 Å². The molecule has 2 heterocycles. The molecular formula is C21H30ClF2N3O2. The Bertz CT molecular complexity index is 699. The minimum atomic E-state index is -0.852. The number of likely N-dealkylation sites (tertiary alicyclic amines) is 1. The number of nitrogens with one attached hydrogen (secondary N) is 2.